The largest absolute Gasteiger partial charge is 0.361 e. The monoisotopic (exact) mass is 435 g/mol. The molecule has 2 aromatic rings. The Hall–Kier alpha value is -1.84. The summed E-state index contributed by atoms with van der Waals surface area (Å²) < 4.78 is 28.6. The van der Waals surface area contributed by atoms with E-state index >= 15 is 0 Å². The lowest BCUT2D eigenvalue weighted by Crippen LogP contribution is -2.52. The van der Waals surface area contributed by atoms with Crippen molar-refractivity contribution >= 4 is 27.5 Å². The van der Waals surface area contributed by atoms with Crippen molar-refractivity contribution in [3.8, 4) is 0 Å². The summed E-state index contributed by atoms with van der Waals surface area (Å²) in [5, 5.41) is 4.01. The number of amides is 1. The highest BCUT2D eigenvalue weighted by Crippen LogP contribution is 2.28. The first-order chi connectivity index (χ1) is 13.9. The lowest BCUT2D eigenvalue weighted by atomic mass is 10.1. The fraction of sp³-hybridized carbons (Fsp3) is 0.500. The Kier molecular flexibility index (Phi) is 5.98. The zero-order valence-corrected chi connectivity index (χ0v) is 18.0. The first kappa shape index (κ1) is 20.4. The zero-order valence-electron chi connectivity index (χ0n) is 16.4. The molecule has 2 aliphatic rings. The fourth-order valence-corrected chi connectivity index (χ4v) is 6.62. The van der Waals surface area contributed by atoms with Gasteiger partial charge in [-0.15, -0.1) is 11.8 Å². The topological polar surface area (TPSA) is 83.7 Å². The van der Waals surface area contributed by atoms with Crippen LogP contribution in [0.3, 0.4) is 0 Å². The van der Waals surface area contributed by atoms with E-state index < -0.39 is 9.84 Å². The minimum absolute atomic E-state index is 0.0307. The van der Waals surface area contributed by atoms with Crippen LogP contribution in [0, 0.1) is 6.92 Å². The lowest BCUT2D eigenvalue weighted by Gasteiger charge is -2.37. The normalized spacial score (nSPS) is 22.1. The molecule has 1 aromatic carbocycles. The molecule has 0 radical (unpaired) electrons. The number of rotatable bonds is 5. The Morgan fingerprint density at radius 1 is 1.24 bits per heavy atom. The summed E-state index contributed by atoms with van der Waals surface area (Å²) in [5.74, 6) is 1.99. The third-order valence-electron chi connectivity index (χ3n) is 5.50. The van der Waals surface area contributed by atoms with Gasteiger partial charge in [0.15, 0.2) is 9.84 Å². The summed E-state index contributed by atoms with van der Waals surface area (Å²) in [5.41, 5.74) is 1.56. The number of piperazine rings is 1. The number of hydrogen-bond donors (Lipinski definition) is 0. The molecule has 3 heterocycles. The van der Waals surface area contributed by atoms with Crippen LogP contribution in [0.25, 0.3) is 0 Å². The van der Waals surface area contributed by atoms with E-state index in [2.05, 4.69) is 10.1 Å². The van der Waals surface area contributed by atoms with E-state index in [1.54, 1.807) is 11.8 Å². The van der Waals surface area contributed by atoms with Gasteiger partial charge < -0.3 is 9.42 Å². The average molecular weight is 436 g/mol. The molecular weight excluding hydrogens is 410 g/mol. The maximum Gasteiger partial charge on any atom is 0.255 e. The first-order valence-corrected chi connectivity index (χ1v) is 12.6. The molecule has 0 spiro atoms. The number of thioether (sulfide) groups is 1. The highest BCUT2D eigenvalue weighted by atomic mass is 32.2. The fourth-order valence-electron chi connectivity index (χ4n) is 3.93. The van der Waals surface area contributed by atoms with Crippen molar-refractivity contribution in [3.63, 3.8) is 0 Å². The third kappa shape index (κ3) is 4.84. The van der Waals surface area contributed by atoms with Crippen LogP contribution in [-0.4, -0.2) is 73.0 Å². The molecule has 29 heavy (non-hydrogen) atoms. The predicted octanol–water partition coefficient (Wildman–Crippen LogP) is 2.22. The van der Waals surface area contributed by atoms with Crippen molar-refractivity contribution < 1.29 is 17.7 Å². The Balaban J connectivity index is 1.37. The van der Waals surface area contributed by atoms with E-state index in [1.165, 1.54) is 0 Å². The Labute approximate surface area is 175 Å². The van der Waals surface area contributed by atoms with Crippen molar-refractivity contribution in [2.75, 3.05) is 37.7 Å². The van der Waals surface area contributed by atoms with Crippen molar-refractivity contribution in [1.29, 1.82) is 0 Å². The number of hydrogen-bond acceptors (Lipinski definition) is 7. The second-order valence-corrected chi connectivity index (χ2v) is 10.8. The van der Waals surface area contributed by atoms with Gasteiger partial charge in [0.1, 0.15) is 5.76 Å². The molecule has 2 fully saturated rings. The van der Waals surface area contributed by atoms with Gasteiger partial charge in [-0.25, -0.2) is 8.42 Å². The minimum atomic E-state index is -2.89. The summed E-state index contributed by atoms with van der Waals surface area (Å²) in [6.07, 6.45) is 0.706. The van der Waals surface area contributed by atoms with Crippen molar-refractivity contribution in [3.05, 3.63) is 47.3 Å². The standard InChI is InChI=1S/C20H25N3O4S2/c1-15-12-16(21-27-15)13-28-19-5-3-2-4-18(19)20(24)23-9-7-22(8-10-23)17-6-11-29(25,26)14-17/h2-5,12,17H,6-11,13-14H2,1H3. The molecule has 1 aromatic heterocycles. The van der Waals surface area contributed by atoms with Gasteiger partial charge in [0.25, 0.3) is 5.91 Å². The van der Waals surface area contributed by atoms with Gasteiger partial charge in [-0.3, -0.25) is 9.69 Å². The number of nitrogens with zero attached hydrogens (tertiary/aromatic N) is 3. The molecule has 1 atom stereocenters. The van der Waals surface area contributed by atoms with Gasteiger partial charge in [-0.05, 0) is 25.5 Å². The molecule has 0 aliphatic carbocycles. The van der Waals surface area contributed by atoms with Crippen LogP contribution in [-0.2, 0) is 15.6 Å². The molecule has 9 heteroatoms. The van der Waals surface area contributed by atoms with E-state index in [-0.39, 0.29) is 23.5 Å². The highest BCUT2D eigenvalue weighted by molar-refractivity contribution is 7.98. The van der Waals surface area contributed by atoms with E-state index in [0.717, 1.165) is 29.4 Å². The maximum absolute atomic E-state index is 13.1. The number of aromatic nitrogens is 1. The molecule has 2 saturated heterocycles. The molecule has 0 bridgehead atoms. The molecule has 0 saturated carbocycles. The van der Waals surface area contributed by atoms with Crippen LogP contribution in [0.15, 0.2) is 39.8 Å². The Morgan fingerprint density at radius 3 is 2.66 bits per heavy atom. The quantitative estimate of drug-likeness (QED) is 0.666. The average Bonchev–Trinajstić information content (AvgIpc) is 3.31. The van der Waals surface area contributed by atoms with Crippen LogP contribution >= 0.6 is 11.8 Å². The van der Waals surface area contributed by atoms with Crippen molar-refractivity contribution in [1.82, 2.24) is 15.0 Å². The Bertz CT molecular complexity index is 981. The van der Waals surface area contributed by atoms with Crippen molar-refractivity contribution in [2.24, 2.45) is 0 Å². The van der Waals surface area contributed by atoms with E-state index in [0.29, 0.717) is 30.8 Å². The number of aryl methyl sites for hydroxylation is 1. The minimum Gasteiger partial charge on any atom is -0.361 e. The zero-order chi connectivity index (χ0) is 20.4. The maximum atomic E-state index is 13.1. The van der Waals surface area contributed by atoms with Gasteiger partial charge >= 0.3 is 0 Å². The Morgan fingerprint density at radius 2 is 2.00 bits per heavy atom. The summed E-state index contributed by atoms with van der Waals surface area (Å²) in [7, 11) is -2.89. The van der Waals surface area contributed by atoms with Gasteiger partial charge in [-0.1, -0.05) is 17.3 Å². The highest BCUT2D eigenvalue weighted by Gasteiger charge is 2.34. The number of benzene rings is 1. The summed E-state index contributed by atoms with van der Waals surface area (Å²) >= 11 is 1.58. The second kappa shape index (κ2) is 8.49. The molecule has 4 rings (SSSR count). The molecule has 2 aliphatic heterocycles. The second-order valence-electron chi connectivity index (χ2n) is 7.60. The van der Waals surface area contributed by atoms with Crippen LogP contribution in [0.1, 0.15) is 28.2 Å². The molecule has 0 N–H and O–H groups in total. The number of carbonyl (C=O) groups excluding carboxylic acids is 1. The van der Waals surface area contributed by atoms with Gasteiger partial charge in [0.05, 0.1) is 22.8 Å². The number of carbonyl (C=O) groups is 1. The van der Waals surface area contributed by atoms with Gasteiger partial charge in [0, 0.05) is 48.9 Å². The smallest absolute Gasteiger partial charge is 0.255 e. The van der Waals surface area contributed by atoms with Crippen LogP contribution in [0.2, 0.25) is 0 Å². The summed E-state index contributed by atoms with van der Waals surface area (Å²) in [6.45, 7) is 4.55. The van der Waals surface area contributed by atoms with E-state index in [4.69, 9.17) is 4.52 Å². The molecule has 1 amide bonds. The number of sulfone groups is 1. The summed E-state index contributed by atoms with van der Waals surface area (Å²) in [4.78, 5) is 18.2. The summed E-state index contributed by atoms with van der Waals surface area (Å²) in [6, 6.07) is 9.66. The molecular formula is C20H25N3O4S2. The van der Waals surface area contributed by atoms with E-state index in [1.807, 2.05) is 42.2 Å². The van der Waals surface area contributed by atoms with Crippen LogP contribution < -0.4 is 0 Å². The van der Waals surface area contributed by atoms with Gasteiger partial charge in [-0.2, -0.15) is 0 Å². The third-order valence-corrected chi connectivity index (χ3v) is 8.35. The predicted molar refractivity (Wildman–Crippen MR) is 112 cm³/mol. The lowest BCUT2D eigenvalue weighted by molar-refractivity contribution is 0.0584. The molecule has 7 nitrogen and oxygen atoms in total. The van der Waals surface area contributed by atoms with Crippen molar-refractivity contribution in [2.45, 2.75) is 30.0 Å². The van der Waals surface area contributed by atoms with Crippen LogP contribution in [0.5, 0.6) is 0 Å². The molecule has 156 valence electrons. The van der Waals surface area contributed by atoms with Crippen LogP contribution in [0.4, 0.5) is 0 Å². The SMILES string of the molecule is Cc1cc(CSc2ccccc2C(=O)N2CCN(C3CCS(=O)(=O)C3)CC2)no1. The molecule has 1 unspecified atom stereocenters. The first-order valence-electron chi connectivity index (χ1n) is 9.79. The van der Waals surface area contributed by atoms with E-state index in [9.17, 15) is 13.2 Å². The van der Waals surface area contributed by atoms with Gasteiger partial charge in [0.2, 0.25) is 0 Å².